The van der Waals surface area contributed by atoms with Crippen molar-refractivity contribution in [3.8, 4) is 11.3 Å². The molecule has 1 amide bonds. The van der Waals surface area contributed by atoms with Gasteiger partial charge in [0.2, 0.25) is 5.91 Å². The van der Waals surface area contributed by atoms with Crippen molar-refractivity contribution >= 4 is 40.1 Å². The molecular formula is C22H20N7O3S-. The van der Waals surface area contributed by atoms with E-state index in [0.717, 1.165) is 5.56 Å². The lowest BCUT2D eigenvalue weighted by Crippen LogP contribution is -2.24. The van der Waals surface area contributed by atoms with Crippen molar-refractivity contribution in [2.24, 2.45) is 5.73 Å². The van der Waals surface area contributed by atoms with Gasteiger partial charge >= 0.3 is 0 Å². The highest BCUT2D eigenvalue weighted by molar-refractivity contribution is 7.76. The molecule has 0 fully saturated rings. The molecule has 0 spiro atoms. The van der Waals surface area contributed by atoms with Crippen LogP contribution in [0.3, 0.4) is 0 Å². The van der Waals surface area contributed by atoms with Gasteiger partial charge < -0.3 is 20.3 Å². The van der Waals surface area contributed by atoms with Crippen LogP contribution in [0.15, 0.2) is 67.1 Å². The van der Waals surface area contributed by atoms with Gasteiger partial charge in [-0.15, -0.1) is 0 Å². The molecule has 168 valence electrons. The monoisotopic (exact) mass is 462 g/mol. The fourth-order valence-electron chi connectivity index (χ4n) is 3.33. The summed E-state index contributed by atoms with van der Waals surface area (Å²) < 4.78 is 26.2. The predicted octanol–water partition coefficient (Wildman–Crippen LogP) is 1.94. The number of rotatable bonds is 8. The number of benzene rings is 2. The Bertz CT molecular complexity index is 1350. The molecule has 2 aromatic carbocycles. The van der Waals surface area contributed by atoms with Crippen LogP contribution in [0, 0.1) is 0 Å². The number of hydrogen-bond donors (Lipinski definition) is 2. The number of fused-ring (bicyclic) bond motifs is 1. The van der Waals surface area contributed by atoms with E-state index in [1.165, 1.54) is 16.8 Å². The van der Waals surface area contributed by atoms with Crippen molar-refractivity contribution in [2.45, 2.75) is 6.54 Å². The van der Waals surface area contributed by atoms with Crippen LogP contribution in [0.2, 0.25) is 0 Å². The lowest BCUT2D eigenvalue weighted by Gasteiger charge is -2.22. The van der Waals surface area contributed by atoms with E-state index < -0.39 is 17.2 Å². The Kier molecular flexibility index (Phi) is 6.43. The summed E-state index contributed by atoms with van der Waals surface area (Å²) in [7, 11) is 0. The molecule has 4 aromatic rings. The van der Waals surface area contributed by atoms with E-state index in [2.05, 4.69) is 15.1 Å². The lowest BCUT2D eigenvalue weighted by atomic mass is 10.1. The number of nitrogens with two attached hydrogens (primary N) is 2. The van der Waals surface area contributed by atoms with E-state index in [-0.39, 0.29) is 18.9 Å². The Morgan fingerprint density at radius 1 is 1.15 bits per heavy atom. The normalized spacial score (nSPS) is 12.3. The molecule has 0 radical (unpaired) electrons. The first-order chi connectivity index (χ1) is 15.9. The number of aromatic nitrogens is 4. The van der Waals surface area contributed by atoms with Gasteiger partial charge in [-0.3, -0.25) is 9.00 Å². The molecule has 4 N–H and O–H groups in total. The molecule has 1 unspecified atom stereocenters. The molecule has 0 aliphatic carbocycles. The minimum absolute atomic E-state index is 0.112. The van der Waals surface area contributed by atoms with Gasteiger partial charge in [-0.05, 0) is 23.8 Å². The standard InChI is InChI=1S/C22H21N7O3S/c23-20-18-19(16-7-4-8-17(13-16)21(24)30)27-29(22(18)26-14-25-20)12-11-28(33(31)32)10-9-15-5-2-1-3-6-15/h1-10,13-14H,11-12H2,(H2,24,30)(H,31,32)(H2,23,25,26)/p-1. The molecule has 0 saturated heterocycles. The van der Waals surface area contributed by atoms with Crippen molar-refractivity contribution in [3.05, 3.63) is 78.3 Å². The van der Waals surface area contributed by atoms with Crippen molar-refractivity contribution in [3.63, 3.8) is 0 Å². The van der Waals surface area contributed by atoms with Gasteiger partial charge in [-0.1, -0.05) is 42.5 Å². The molecule has 10 nitrogen and oxygen atoms in total. The highest BCUT2D eigenvalue weighted by Crippen LogP contribution is 2.30. The minimum atomic E-state index is -2.48. The summed E-state index contributed by atoms with van der Waals surface area (Å²) in [6.07, 6.45) is 4.51. The Morgan fingerprint density at radius 2 is 1.94 bits per heavy atom. The van der Waals surface area contributed by atoms with Crippen LogP contribution in [-0.4, -0.2) is 45.3 Å². The zero-order valence-electron chi connectivity index (χ0n) is 17.4. The summed E-state index contributed by atoms with van der Waals surface area (Å²) in [6.45, 7) is 0.316. The first-order valence-electron chi connectivity index (χ1n) is 9.90. The highest BCUT2D eigenvalue weighted by atomic mass is 32.2. The van der Waals surface area contributed by atoms with Crippen molar-refractivity contribution < 1.29 is 13.6 Å². The van der Waals surface area contributed by atoms with Gasteiger partial charge in [-0.2, -0.15) is 5.10 Å². The quantitative estimate of drug-likeness (QED) is 0.379. The molecule has 33 heavy (non-hydrogen) atoms. The minimum Gasteiger partial charge on any atom is -0.755 e. The van der Waals surface area contributed by atoms with Crippen LogP contribution in [0.5, 0.6) is 0 Å². The second kappa shape index (κ2) is 9.59. The molecule has 4 rings (SSSR count). The fraction of sp³-hybridized carbons (Fsp3) is 0.0909. The van der Waals surface area contributed by atoms with Crippen molar-refractivity contribution in [1.82, 2.24) is 24.1 Å². The molecular weight excluding hydrogens is 442 g/mol. The largest absolute Gasteiger partial charge is 0.755 e. The van der Waals surface area contributed by atoms with E-state index in [1.54, 1.807) is 35.0 Å². The fourth-order valence-corrected chi connectivity index (χ4v) is 3.72. The maximum absolute atomic E-state index is 11.7. The topological polar surface area (TPSA) is 156 Å². The third-order valence-electron chi connectivity index (χ3n) is 4.94. The van der Waals surface area contributed by atoms with E-state index in [1.807, 2.05) is 30.3 Å². The van der Waals surface area contributed by atoms with Crippen LogP contribution in [0.1, 0.15) is 15.9 Å². The van der Waals surface area contributed by atoms with E-state index in [9.17, 15) is 13.6 Å². The van der Waals surface area contributed by atoms with Crippen molar-refractivity contribution in [2.75, 3.05) is 12.3 Å². The van der Waals surface area contributed by atoms with Crippen LogP contribution in [0.25, 0.3) is 28.4 Å². The second-order valence-corrected chi connectivity index (χ2v) is 7.96. The van der Waals surface area contributed by atoms with Gasteiger partial charge in [0.1, 0.15) is 17.8 Å². The van der Waals surface area contributed by atoms with E-state index in [0.29, 0.717) is 27.9 Å². The molecule has 2 aromatic heterocycles. The average Bonchev–Trinajstić information content (AvgIpc) is 3.19. The number of carbonyl (C=O) groups excluding carboxylic acids is 1. The van der Waals surface area contributed by atoms with Gasteiger partial charge in [0.25, 0.3) is 0 Å². The predicted molar refractivity (Wildman–Crippen MR) is 125 cm³/mol. The molecule has 0 bridgehead atoms. The van der Waals surface area contributed by atoms with Gasteiger partial charge in [0, 0.05) is 35.1 Å². The molecule has 0 aliphatic heterocycles. The van der Waals surface area contributed by atoms with Crippen LogP contribution in [0.4, 0.5) is 5.82 Å². The number of carbonyl (C=O) groups is 1. The second-order valence-electron chi connectivity index (χ2n) is 7.06. The Labute approximate surface area is 192 Å². The molecule has 1 atom stereocenters. The SMILES string of the molecule is NC(=O)c1cccc(-c2nn(CCN(C=Cc3ccccc3)S(=O)[O-])c3ncnc(N)c23)c1. The lowest BCUT2D eigenvalue weighted by molar-refractivity contribution is 0.100. The molecule has 0 saturated carbocycles. The maximum Gasteiger partial charge on any atom is 0.248 e. The van der Waals surface area contributed by atoms with Gasteiger partial charge in [0.05, 0.1) is 11.9 Å². The number of hydrogen-bond acceptors (Lipinski definition) is 7. The van der Waals surface area contributed by atoms with Gasteiger partial charge in [0.15, 0.2) is 5.65 Å². The zero-order valence-corrected chi connectivity index (χ0v) is 18.2. The summed E-state index contributed by atoms with van der Waals surface area (Å²) in [5.74, 6) is -0.345. The van der Waals surface area contributed by atoms with Crippen LogP contribution >= 0.6 is 0 Å². The third kappa shape index (κ3) is 4.89. The third-order valence-corrected chi connectivity index (χ3v) is 5.62. The Hall–Kier alpha value is -4.09. The molecule has 2 heterocycles. The first-order valence-corrected chi connectivity index (χ1v) is 10.9. The molecule has 0 aliphatic rings. The maximum atomic E-state index is 11.7. The van der Waals surface area contributed by atoms with Crippen LogP contribution in [-0.2, 0) is 17.8 Å². The Balaban J connectivity index is 1.66. The molecule has 11 heteroatoms. The number of amides is 1. The van der Waals surface area contributed by atoms with Gasteiger partial charge in [-0.25, -0.2) is 14.6 Å². The average molecular weight is 463 g/mol. The van der Waals surface area contributed by atoms with E-state index in [4.69, 9.17) is 11.5 Å². The summed E-state index contributed by atoms with van der Waals surface area (Å²) in [5.41, 5.74) is 14.2. The van der Waals surface area contributed by atoms with E-state index >= 15 is 0 Å². The summed E-state index contributed by atoms with van der Waals surface area (Å²) in [5, 5.41) is 5.11. The van der Waals surface area contributed by atoms with Crippen LogP contribution < -0.4 is 11.5 Å². The number of nitrogen functional groups attached to an aromatic ring is 1. The summed E-state index contributed by atoms with van der Waals surface area (Å²) in [6, 6.07) is 16.0. The number of anilines is 1. The Morgan fingerprint density at radius 3 is 2.67 bits per heavy atom. The number of primary amides is 1. The van der Waals surface area contributed by atoms with Crippen molar-refractivity contribution in [1.29, 1.82) is 0 Å². The summed E-state index contributed by atoms with van der Waals surface area (Å²) in [4.78, 5) is 19.9. The zero-order chi connectivity index (χ0) is 23.4. The number of nitrogens with zero attached hydrogens (tertiary/aromatic N) is 5. The highest BCUT2D eigenvalue weighted by Gasteiger charge is 2.18. The first kappa shape index (κ1) is 22.1. The smallest absolute Gasteiger partial charge is 0.248 e. The summed E-state index contributed by atoms with van der Waals surface area (Å²) >= 11 is -2.48.